The molecule has 0 saturated heterocycles. The van der Waals surface area contributed by atoms with Gasteiger partial charge in [0.25, 0.3) is 0 Å². The van der Waals surface area contributed by atoms with Crippen LogP contribution in [0, 0.1) is 0 Å². The van der Waals surface area contributed by atoms with Gasteiger partial charge in [-0.1, -0.05) is 46.4 Å². The molecule has 0 bridgehead atoms. The Bertz CT molecular complexity index is 419. The Morgan fingerprint density at radius 3 is 1.53 bits per heavy atom. The predicted octanol–water partition coefficient (Wildman–Crippen LogP) is 5.28. The molecule has 98 valence electrons. The van der Waals surface area contributed by atoms with Crippen LogP contribution in [0.5, 0.6) is 0 Å². The van der Waals surface area contributed by atoms with E-state index in [9.17, 15) is 26.3 Å². The Balaban J connectivity index is 3.66. The molecule has 0 fully saturated rings. The quantitative estimate of drug-likeness (QED) is 0.416. The lowest BCUT2D eigenvalue weighted by molar-refractivity contribution is -0.0975. The largest absolute Gasteiger partial charge is 0.418 e. The molecule has 1 rings (SSSR count). The second kappa shape index (κ2) is 4.11. The topological polar surface area (TPSA) is 0 Å². The zero-order chi connectivity index (χ0) is 13.8. The van der Waals surface area contributed by atoms with E-state index < -0.39 is 37.9 Å². The van der Waals surface area contributed by atoms with E-state index in [2.05, 4.69) is 0 Å². The van der Waals surface area contributed by atoms with E-state index in [0.29, 0.717) is 0 Å². The lowest BCUT2D eigenvalue weighted by Crippen LogP contribution is -2.46. The monoisotopic (exact) mass is 338 g/mol. The third kappa shape index (κ3) is 2.13. The van der Waals surface area contributed by atoms with Crippen LogP contribution in [0.15, 0.2) is 23.1 Å². The lowest BCUT2D eigenvalue weighted by atomic mass is 9.99. The molecular formula is C7Cl4F6. The highest BCUT2D eigenvalue weighted by Crippen LogP contribution is 2.60. The summed E-state index contributed by atoms with van der Waals surface area (Å²) in [4.78, 5) is 0. The smallest absolute Gasteiger partial charge is 0.205 e. The van der Waals surface area contributed by atoms with E-state index in [1.807, 2.05) is 0 Å². The van der Waals surface area contributed by atoms with E-state index in [4.69, 9.17) is 46.4 Å². The Morgan fingerprint density at radius 2 is 1.18 bits per heavy atom. The van der Waals surface area contributed by atoms with Gasteiger partial charge >= 0.3 is 6.18 Å². The Labute approximate surface area is 111 Å². The van der Waals surface area contributed by atoms with Crippen LogP contribution in [0.4, 0.5) is 26.3 Å². The van der Waals surface area contributed by atoms with Gasteiger partial charge < -0.3 is 0 Å². The molecule has 0 radical (unpaired) electrons. The number of rotatable bonds is 0. The zero-order valence-electron chi connectivity index (χ0n) is 7.28. The maximum absolute atomic E-state index is 13.1. The summed E-state index contributed by atoms with van der Waals surface area (Å²) in [6.45, 7) is 0. The number of alkyl halides is 7. The van der Waals surface area contributed by atoms with Crippen molar-refractivity contribution in [2.75, 3.05) is 0 Å². The van der Waals surface area contributed by atoms with Crippen molar-refractivity contribution in [2.24, 2.45) is 0 Å². The van der Waals surface area contributed by atoms with Gasteiger partial charge in [-0.2, -0.15) is 13.2 Å². The summed E-state index contributed by atoms with van der Waals surface area (Å²) in [6, 6.07) is 0. The van der Waals surface area contributed by atoms with Crippen molar-refractivity contribution >= 4 is 46.4 Å². The number of allylic oxidation sites excluding steroid dienone is 4. The molecule has 0 heterocycles. The summed E-state index contributed by atoms with van der Waals surface area (Å²) in [5.74, 6) is -7.30. The van der Waals surface area contributed by atoms with Crippen LogP contribution in [-0.4, -0.2) is 14.8 Å². The van der Waals surface area contributed by atoms with Crippen molar-refractivity contribution in [1.82, 2.24) is 0 Å². The molecular weight excluding hydrogens is 340 g/mol. The standard InChI is InChI=1S/C7Cl4F6/c8-5(9)3(7(15,16)17)1(12)2(13)4(14)6(5,10)11. The van der Waals surface area contributed by atoms with Crippen LogP contribution in [-0.2, 0) is 0 Å². The molecule has 0 saturated carbocycles. The molecule has 0 unspecified atom stereocenters. The molecule has 0 nitrogen and oxygen atoms in total. The van der Waals surface area contributed by atoms with E-state index in [1.165, 1.54) is 0 Å². The SMILES string of the molecule is FC1=C(F)C(Cl)(Cl)C(Cl)(Cl)C(C(F)(F)F)=C1F. The van der Waals surface area contributed by atoms with Gasteiger partial charge in [0, 0.05) is 0 Å². The van der Waals surface area contributed by atoms with Gasteiger partial charge in [-0.3, -0.25) is 0 Å². The molecule has 17 heavy (non-hydrogen) atoms. The average Bonchev–Trinajstić information content (AvgIpc) is 2.10. The molecule has 0 aromatic carbocycles. The third-order valence-electron chi connectivity index (χ3n) is 1.87. The van der Waals surface area contributed by atoms with Gasteiger partial charge in [0.1, 0.15) is 5.57 Å². The van der Waals surface area contributed by atoms with Crippen LogP contribution in [0.25, 0.3) is 0 Å². The number of hydrogen-bond donors (Lipinski definition) is 0. The molecule has 1 aliphatic carbocycles. The minimum atomic E-state index is -5.47. The van der Waals surface area contributed by atoms with Crippen LogP contribution >= 0.6 is 46.4 Å². The predicted molar refractivity (Wildman–Crippen MR) is 52.3 cm³/mol. The Hall–Kier alpha value is 0.220. The Morgan fingerprint density at radius 1 is 0.765 bits per heavy atom. The summed E-state index contributed by atoms with van der Waals surface area (Å²) in [7, 11) is 0. The second-order valence-corrected chi connectivity index (χ2v) is 5.62. The van der Waals surface area contributed by atoms with Gasteiger partial charge in [-0.05, 0) is 0 Å². The minimum Gasteiger partial charge on any atom is -0.205 e. The highest BCUT2D eigenvalue weighted by molar-refractivity contribution is 6.65. The van der Waals surface area contributed by atoms with E-state index in [1.54, 1.807) is 0 Å². The highest BCUT2D eigenvalue weighted by atomic mass is 35.5. The Kier molecular flexibility index (Phi) is 3.70. The first kappa shape index (κ1) is 15.3. The van der Waals surface area contributed by atoms with Gasteiger partial charge in [-0.25, -0.2) is 13.2 Å². The third-order valence-corrected chi connectivity index (χ3v) is 4.10. The van der Waals surface area contributed by atoms with Crippen LogP contribution in [0.1, 0.15) is 0 Å². The summed E-state index contributed by atoms with van der Waals surface area (Å²) >= 11 is 20.4. The summed E-state index contributed by atoms with van der Waals surface area (Å²) < 4.78 is 69.6. The normalized spacial score (nSPS) is 24.4. The van der Waals surface area contributed by atoms with Gasteiger partial charge in [0.2, 0.25) is 4.33 Å². The van der Waals surface area contributed by atoms with Crippen molar-refractivity contribution in [3.05, 3.63) is 23.1 Å². The number of halogens is 10. The maximum atomic E-state index is 13.1. The van der Waals surface area contributed by atoms with Crippen molar-refractivity contribution in [3.63, 3.8) is 0 Å². The highest BCUT2D eigenvalue weighted by Gasteiger charge is 2.65. The van der Waals surface area contributed by atoms with Crippen LogP contribution in [0.2, 0.25) is 0 Å². The maximum Gasteiger partial charge on any atom is 0.418 e. The zero-order valence-corrected chi connectivity index (χ0v) is 10.3. The number of hydrogen-bond acceptors (Lipinski definition) is 0. The van der Waals surface area contributed by atoms with Crippen molar-refractivity contribution in [1.29, 1.82) is 0 Å². The average molecular weight is 340 g/mol. The van der Waals surface area contributed by atoms with Crippen molar-refractivity contribution in [3.8, 4) is 0 Å². The molecule has 0 spiro atoms. The first-order chi connectivity index (χ1) is 7.35. The fourth-order valence-electron chi connectivity index (χ4n) is 1.08. The first-order valence-corrected chi connectivity index (χ1v) is 5.15. The fraction of sp³-hybridized carbons (Fsp3) is 0.429. The molecule has 10 heteroatoms. The van der Waals surface area contributed by atoms with Crippen molar-refractivity contribution in [2.45, 2.75) is 14.8 Å². The van der Waals surface area contributed by atoms with E-state index >= 15 is 0 Å². The molecule has 0 N–H and O–H groups in total. The summed E-state index contributed by atoms with van der Waals surface area (Å²) in [5.41, 5.74) is -2.39. The first-order valence-electron chi connectivity index (χ1n) is 3.64. The van der Waals surface area contributed by atoms with Crippen LogP contribution in [0.3, 0.4) is 0 Å². The molecule has 0 amide bonds. The second-order valence-electron chi connectivity index (χ2n) is 2.96. The van der Waals surface area contributed by atoms with E-state index in [0.717, 1.165) is 0 Å². The van der Waals surface area contributed by atoms with Crippen molar-refractivity contribution < 1.29 is 26.3 Å². The van der Waals surface area contributed by atoms with Gasteiger partial charge in [0.15, 0.2) is 21.8 Å². The summed E-state index contributed by atoms with van der Waals surface area (Å²) in [6.07, 6.45) is -5.47. The van der Waals surface area contributed by atoms with E-state index in [-0.39, 0.29) is 0 Å². The molecule has 0 aromatic heterocycles. The van der Waals surface area contributed by atoms with Crippen LogP contribution < -0.4 is 0 Å². The molecule has 0 aromatic rings. The lowest BCUT2D eigenvalue weighted by Gasteiger charge is -2.37. The molecule has 0 atom stereocenters. The van der Waals surface area contributed by atoms with Gasteiger partial charge in [0.05, 0.1) is 0 Å². The summed E-state index contributed by atoms with van der Waals surface area (Å²) in [5, 5.41) is 0. The minimum absolute atomic E-state index is 2.23. The fourth-order valence-corrected chi connectivity index (χ4v) is 1.98. The molecule has 1 aliphatic rings. The molecule has 0 aliphatic heterocycles. The van der Waals surface area contributed by atoms with Gasteiger partial charge in [-0.15, -0.1) is 0 Å².